The molecule has 0 aliphatic heterocycles. The molecule has 72 valence electrons. The topological polar surface area (TPSA) is 29.5 Å². The van der Waals surface area contributed by atoms with Gasteiger partial charge in [0.25, 0.3) is 0 Å². The lowest BCUT2D eigenvalue weighted by Gasteiger charge is -2.12. The van der Waals surface area contributed by atoms with E-state index in [2.05, 4.69) is 15.9 Å². The SMILES string of the molecule is COc1cc(Br)c(C)c(C(C)O)c1. The Kier molecular flexibility index (Phi) is 3.33. The summed E-state index contributed by atoms with van der Waals surface area (Å²) in [5.41, 5.74) is 1.95. The molecule has 0 spiro atoms. The summed E-state index contributed by atoms with van der Waals surface area (Å²) >= 11 is 3.41. The van der Waals surface area contributed by atoms with Crippen LogP contribution in [0.15, 0.2) is 16.6 Å². The molecule has 0 radical (unpaired) electrons. The van der Waals surface area contributed by atoms with Gasteiger partial charge >= 0.3 is 0 Å². The van der Waals surface area contributed by atoms with Crippen LogP contribution in [-0.4, -0.2) is 12.2 Å². The Hall–Kier alpha value is -0.540. The molecule has 0 saturated carbocycles. The fourth-order valence-corrected chi connectivity index (χ4v) is 1.68. The van der Waals surface area contributed by atoms with E-state index in [-0.39, 0.29) is 0 Å². The van der Waals surface area contributed by atoms with Crippen LogP contribution in [0.4, 0.5) is 0 Å². The Balaban J connectivity index is 3.25. The van der Waals surface area contributed by atoms with Gasteiger partial charge in [-0.1, -0.05) is 15.9 Å². The Bertz CT molecular complexity index is 308. The van der Waals surface area contributed by atoms with Crippen LogP contribution in [0.1, 0.15) is 24.2 Å². The van der Waals surface area contributed by atoms with Crippen LogP contribution in [0, 0.1) is 6.92 Å². The van der Waals surface area contributed by atoms with Gasteiger partial charge in [-0.25, -0.2) is 0 Å². The van der Waals surface area contributed by atoms with E-state index in [9.17, 15) is 5.11 Å². The van der Waals surface area contributed by atoms with E-state index in [1.807, 2.05) is 19.1 Å². The van der Waals surface area contributed by atoms with Crippen LogP contribution in [0.3, 0.4) is 0 Å². The lowest BCUT2D eigenvalue weighted by atomic mass is 10.0. The molecule has 0 fully saturated rings. The third-order valence-electron chi connectivity index (χ3n) is 2.04. The zero-order chi connectivity index (χ0) is 10.0. The maximum Gasteiger partial charge on any atom is 0.120 e. The summed E-state index contributed by atoms with van der Waals surface area (Å²) in [6.07, 6.45) is -0.466. The number of rotatable bonds is 2. The van der Waals surface area contributed by atoms with Gasteiger partial charge in [0.15, 0.2) is 0 Å². The van der Waals surface area contributed by atoms with Crippen molar-refractivity contribution in [1.82, 2.24) is 0 Å². The Morgan fingerprint density at radius 3 is 2.54 bits per heavy atom. The van der Waals surface area contributed by atoms with Crippen molar-refractivity contribution in [3.63, 3.8) is 0 Å². The molecule has 0 aromatic heterocycles. The second-order valence-electron chi connectivity index (χ2n) is 3.00. The van der Waals surface area contributed by atoms with Crippen LogP contribution in [0.2, 0.25) is 0 Å². The summed E-state index contributed by atoms with van der Waals surface area (Å²) in [6, 6.07) is 3.74. The van der Waals surface area contributed by atoms with E-state index in [1.54, 1.807) is 14.0 Å². The molecule has 0 amide bonds. The largest absolute Gasteiger partial charge is 0.497 e. The molecule has 0 aliphatic rings. The molecule has 0 bridgehead atoms. The third-order valence-corrected chi connectivity index (χ3v) is 2.87. The van der Waals surface area contributed by atoms with Crippen molar-refractivity contribution >= 4 is 15.9 Å². The minimum atomic E-state index is -0.466. The van der Waals surface area contributed by atoms with E-state index in [4.69, 9.17) is 4.74 Å². The maximum atomic E-state index is 9.47. The fraction of sp³-hybridized carbons (Fsp3) is 0.400. The van der Waals surface area contributed by atoms with Gasteiger partial charge in [0.05, 0.1) is 13.2 Å². The average Bonchev–Trinajstić information content (AvgIpc) is 2.09. The Labute approximate surface area is 86.7 Å². The zero-order valence-electron chi connectivity index (χ0n) is 7.97. The first-order valence-electron chi connectivity index (χ1n) is 4.08. The van der Waals surface area contributed by atoms with Crippen LogP contribution in [0.25, 0.3) is 0 Å². The highest BCUT2D eigenvalue weighted by Crippen LogP contribution is 2.29. The van der Waals surface area contributed by atoms with Crippen LogP contribution >= 0.6 is 15.9 Å². The van der Waals surface area contributed by atoms with Crippen molar-refractivity contribution in [2.45, 2.75) is 20.0 Å². The van der Waals surface area contributed by atoms with Crippen molar-refractivity contribution in [1.29, 1.82) is 0 Å². The lowest BCUT2D eigenvalue weighted by molar-refractivity contribution is 0.198. The van der Waals surface area contributed by atoms with Gasteiger partial charge in [-0.3, -0.25) is 0 Å². The van der Waals surface area contributed by atoms with Crippen LogP contribution in [-0.2, 0) is 0 Å². The Morgan fingerprint density at radius 2 is 2.08 bits per heavy atom. The highest BCUT2D eigenvalue weighted by molar-refractivity contribution is 9.10. The van der Waals surface area contributed by atoms with E-state index < -0.39 is 6.10 Å². The van der Waals surface area contributed by atoms with Crippen molar-refractivity contribution < 1.29 is 9.84 Å². The molecule has 1 aromatic carbocycles. The third kappa shape index (κ3) is 2.23. The fourth-order valence-electron chi connectivity index (χ4n) is 1.23. The molecule has 1 N–H and O–H groups in total. The van der Waals surface area contributed by atoms with Gasteiger partial charge in [-0.15, -0.1) is 0 Å². The smallest absolute Gasteiger partial charge is 0.120 e. The molecule has 1 rings (SSSR count). The van der Waals surface area contributed by atoms with Gasteiger partial charge in [-0.2, -0.15) is 0 Å². The van der Waals surface area contributed by atoms with E-state index >= 15 is 0 Å². The number of aliphatic hydroxyl groups excluding tert-OH is 1. The van der Waals surface area contributed by atoms with Crippen molar-refractivity contribution in [2.24, 2.45) is 0 Å². The van der Waals surface area contributed by atoms with E-state index in [0.717, 1.165) is 21.3 Å². The molecule has 1 atom stereocenters. The van der Waals surface area contributed by atoms with Crippen molar-refractivity contribution in [3.05, 3.63) is 27.7 Å². The number of methoxy groups -OCH3 is 1. The van der Waals surface area contributed by atoms with Gasteiger partial charge in [0.1, 0.15) is 5.75 Å². The number of ether oxygens (including phenoxy) is 1. The molecule has 1 aromatic rings. The Morgan fingerprint density at radius 1 is 1.46 bits per heavy atom. The minimum absolute atomic E-state index is 0.466. The molecule has 0 saturated heterocycles. The predicted octanol–water partition coefficient (Wildman–Crippen LogP) is 2.82. The first-order valence-corrected chi connectivity index (χ1v) is 4.87. The molecule has 0 aliphatic carbocycles. The average molecular weight is 245 g/mol. The summed E-state index contributed by atoms with van der Waals surface area (Å²) in [4.78, 5) is 0. The maximum absolute atomic E-state index is 9.47. The monoisotopic (exact) mass is 244 g/mol. The summed E-state index contributed by atoms with van der Waals surface area (Å²) in [5, 5.41) is 9.47. The first-order chi connectivity index (χ1) is 6.06. The van der Waals surface area contributed by atoms with E-state index in [0.29, 0.717) is 0 Å². The highest BCUT2D eigenvalue weighted by Gasteiger charge is 2.09. The number of aliphatic hydroxyl groups is 1. The van der Waals surface area contributed by atoms with Gasteiger partial charge in [-0.05, 0) is 37.1 Å². The zero-order valence-corrected chi connectivity index (χ0v) is 9.55. The number of halogens is 1. The van der Waals surface area contributed by atoms with Crippen LogP contribution in [0.5, 0.6) is 5.75 Å². The number of benzene rings is 1. The molecule has 3 heteroatoms. The summed E-state index contributed by atoms with van der Waals surface area (Å²) in [6.45, 7) is 3.71. The first kappa shape index (κ1) is 10.5. The van der Waals surface area contributed by atoms with Gasteiger partial charge in [0.2, 0.25) is 0 Å². The summed E-state index contributed by atoms with van der Waals surface area (Å²) in [7, 11) is 1.61. The second-order valence-corrected chi connectivity index (χ2v) is 3.85. The van der Waals surface area contributed by atoms with Gasteiger partial charge < -0.3 is 9.84 Å². The molecule has 1 unspecified atom stereocenters. The second kappa shape index (κ2) is 4.11. The number of hydrogen-bond donors (Lipinski definition) is 1. The van der Waals surface area contributed by atoms with E-state index in [1.165, 1.54) is 0 Å². The minimum Gasteiger partial charge on any atom is -0.497 e. The molecular weight excluding hydrogens is 232 g/mol. The van der Waals surface area contributed by atoms with Crippen molar-refractivity contribution in [3.8, 4) is 5.75 Å². The van der Waals surface area contributed by atoms with Crippen LogP contribution < -0.4 is 4.74 Å². The predicted molar refractivity (Wildman–Crippen MR) is 56.1 cm³/mol. The quantitative estimate of drug-likeness (QED) is 0.868. The van der Waals surface area contributed by atoms with Gasteiger partial charge in [0, 0.05) is 4.47 Å². The lowest BCUT2D eigenvalue weighted by Crippen LogP contribution is -1.97. The molecule has 13 heavy (non-hydrogen) atoms. The standard InChI is InChI=1S/C10H13BrO2/c1-6-9(7(2)12)4-8(13-3)5-10(6)11/h4-5,7,12H,1-3H3. The molecule has 2 nitrogen and oxygen atoms in total. The summed E-state index contributed by atoms with van der Waals surface area (Å²) < 4.78 is 6.06. The normalized spacial score (nSPS) is 12.7. The van der Waals surface area contributed by atoms with Crippen molar-refractivity contribution in [2.75, 3.05) is 7.11 Å². The highest BCUT2D eigenvalue weighted by atomic mass is 79.9. The summed E-state index contributed by atoms with van der Waals surface area (Å²) in [5.74, 6) is 0.758. The number of hydrogen-bond acceptors (Lipinski definition) is 2. The molecule has 0 heterocycles. The molecular formula is C10H13BrO2.